The molecule has 1 aliphatic heterocycles. The molecule has 2 rings (SSSR count). The number of benzene rings is 1. The van der Waals surface area contributed by atoms with Gasteiger partial charge in [-0.2, -0.15) is 5.26 Å². The number of hydroxylamine groups is 2. The largest absolute Gasteiger partial charge is 0.593 e. The molecule has 1 saturated heterocycles. The van der Waals surface area contributed by atoms with Crippen LogP contribution in [-0.2, 0) is 14.4 Å². The highest BCUT2D eigenvalue weighted by Gasteiger charge is 2.33. The zero-order chi connectivity index (χ0) is 15.4. The van der Waals surface area contributed by atoms with Gasteiger partial charge in [0, 0.05) is 25.0 Å². The highest BCUT2D eigenvalue weighted by molar-refractivity contribution is 6.02. The molecule has 106 valence electrons. The van der Waals surface area contributed by atoms with Gasteiger partial charge in [0.25, 0.3) is 18.0 Å². The van der Waals surface area contributed by atoms with Crippen molar-refractivity contribution in [2.24, 2.45) is 5.11 Å². The van der Waals surface area contributed by atoms with Gasteiger partial charge in [-0.3, -0.25) is 9.59 Å². The fraction of sp³-hybridized carbons (Fsp3) is 0.167. The molecule has 21 heavy (non-hydrogen) atoms. The molecule has 0 atom stereocenters. The van der Waals surface area contributed by atoms with Crippen LogP contribution in [0.15, 0.2) is 29.4 Å². The summed E-state index contributed by atoms with van der Waals surface area (Å²) in [5, 5.41) is 22.8. The molecule has 0 aromatic heterocycles. The van der Waals surface area contributed by atoms with E-state index in [0.29, 0.717) is 5.06 Å². The van der Waals surface area contributed by atoms with Crippen LogP contribution >= 0.6 is 0 Å². The van der Waals surface area contributed by atoms with Crippen molar-refractivity contribution in [1.29, 1.82) is 5.26 Å². The molecular formula is C12H8N4O5. The van der Waals surface area contributed by atoms with Crippen LogP contribution in [0.3, 0.4) is 0 Å². The summed E-state index contributed by atoms with van der Waals surface area (Å²) < 4.78 is 0. The Hall–Kier alpha value is -3.28. The van der Waals surface area contributed by atoms with Crippen molar-refractivity contribution in [2.75, 3.05) is 0 Å². The Morgan fingerprint density at radius 1 is 1.29 bits per heavy atom. The minimum atomic E-state index is -0.903. The lowest BCUT2D eigenvalue weighted by molar-refractivity contribution is -0.435. The number of hydrogen-bond acceptors (Lipinski definition) is 7. The maximum Gasteiger partial charge on any atom is 0.363 e. The highest BCUT2D eigenvalue weighted by atomic mass is 16.7. The van der Waals surface area contributed by atoms with Crippen LogP contribution < -0.4 is 0 Å². The number of amides is 2. The van der Waals surface area contributed by atoms with E-state index in [4.69, 9.17) is 10.1 Å². The number of rotatable bonds is 3. The van der Waals surface area contributed by atoms with Gasteiger partial charge in [-0.15, -0.1) is 5.06 Å². The zero-order valence-corrected chi connectivity index (χ0v) is 10.6. The van der Waals surface area contributed by atoms with Crippen LogP contribution in [0.2, 0.25) is 0 Å². The quantitative estimate of drug-likeness (QED) is 0.268. The summed E-state index contributed by atoms with van der Waals surface area (Å²) in [6, 6.07) is 5.00. The first kappa shape index (κ1) is 14.1. The Morgan fingerprint density at radius 2 is 1.86 bits per heavy atom. The minimum absolute atomic E-state index is 0.00581. The van der Waals surface area contributed by atoms with Crippen molar-refractivity contribution in [2.45, 2.75) is 12.8 Å². The number of nitrogens with zero attached hydrogens (tertiary/aromatic N) is 4. The lowest BCUT2D eigenvalue weighted by Gasteiger charge is -2.12. The molecule has 1 aromatic rings. The predicted molar refractivity (Wildman–Crippen MR) is 64.3 cm³/mol. The molecule has 1 fully saturated rings. The maximum absolute atomic E-state index is 11.8. The first-order valence-corrected chi connectivity index (χ1v) is 5.78. The van der Waals surface area contributed by atoms with Gasteiger partial charge in [-0.05, 0) is 17.0 Å². The fourth-order valence-corrected chi connectivity index (χ4v) is 1.62. The van der Waals surface area contributed by atoms with Crippen LogP contribution in [0, 0.1) is 16.7 Å². The summed E-state index contributed by atoms with van der Waals surface area (Å²) in [5.74, 6) is -2.06. The molecule has 0 radical (unpaired) electrons. The number of hydrogen-bond donors (Lipinski definition) is 0. The van der Waals surface area contributed by atoms with Gasteiger partial charge in [0.15, 0.2) is 0 Å². The van der Waals surface area contributed by atoms with E-state index in [-0.39, 0.29) is 29.0 Å². The number of azo groups is 1. The molecule has 1 heterocycles. The third-order valence-electron chi connectivity index (χ3n) is 2.64. The van der Waals surface area contributed by atoms with Crippen LogP contribution in [0.5, 0.6) is 0 Å². The molecule has 9 heteroatoms. The fourth-order valence-electron chi connectivity index (χ4n) is 1.62. The molecule has 0 unspecified atom stereocenters. The van der Waals surface area contributed by atoms with Crippen molar-refractivity contribution in [3.05, 3.63) is 35.0 Å². The normalized spacial score (nSPS) is 15.0. The lowest BCUT2D eigenvalue weighted by Crippen LogP contribution is -2.32. The molecule has 0 bridgehead atoms. The third kappa shape index (κ3) is 3.01. The van der Waals surface area contributed by atoms with Crippen LogP contribution in [0.4, 0.5) is 5.69 Å². The van der Waals surface area contributed by atoms with E-state index in [1.807, 2.05) is 0 Å². The number of nitriles is 1. The van der Waals surface area contributed by atoms with Crippen molar-refractivity contribution in [1.82, 2.24) is 5.06 Å². The van der Waals surface area contributed by atoms with Crippen molar-refractivity contribution in [3.8, 4) is 6.19 Å². The Kier molecular flexibility index (Phi) is 3.90. The third-order valence-corrected chi connectivity index (χ3v) is 2.64. The van der Waals surface area contributed by atoms with Gasteiger partial charge in [0.1, 0.15) is 0 Å². The van der Waals surface area contributed by atoms with Crippen LogP contribution in [0.25, 0.3) is 0 Å². The second-order valence-electron chi connectivity index (χ2n) is 3.98. The van der Waals surface area contributed by atoms with E-state index in [9.17, 15) is 19.6 Å². The predicted octanol–water partition coefficient (Wildman–Crippen LogP) is 0.982. The van der Waals surface area contributed by atoms with Crippen molar-refractivity contribution >= 4 is 23.5 Å². The van der Waals surface area contributed by atoms with Gasteiger partial charge in [0.05, 0.1) is 10.7 Å². The minimum Gasteiger partial charge on any atom is -0.593 e. The number of carbonyl (C=O) groups excluding carboxylic acids is 3. The second kappa shape index (κ2) is 5.79. The Morgan fingerprint density at radius 3 is 2.38 bits per heavy atom. The van der Waals surface area contributed by atoms with Gasteiger partial charge in [-0.25, -0.2) is 4.79 Å². The van der Waals surface area contributed by atoms with Crippen molar-refractivity contribution < 1.29 is 24.1 Å². The molecule has 9 nitrogen and oxygen atoms in total. The first-order chi connectivity index (χ1) is 10.0. The smallest absolute Gasteiger partial charge is 0.363 e. The van der Waals surface area contributed by atoms with Gasteiger partial charge >= 0.3 is 5.97 Å². The van der Waals surface area contributed by atoms with E-state index in [0.717, 1.165) is 0 Å². The molecule has 1 aromatic carbocycles. The van der Waals surface area contributed by atoms with E-state index < -0.39 is 17.8 Å². The molecular weight excluding hydrogens is 280 g/mol. The summed E-state index contributed by atoms with van der Waals surface area (Å²) >= 11 is 0. The number of carbonyl (C=O) groups is 3. The summed E-state index contributed by atoms with van der Waals surface area (Å²) in [7, 11) is 0. The summed E-state index contributed by atoms with van der Waals surface area (Å²) in [6.07, 6.45) is 1.34. The molecule has 0 N–H and O–H groups in total. The summed E-state index contributed by atoms with van der Waals surface area (Å²) in [4.78, 5) is 39.2. The van der Waals surface area contributed by atoms with E-state index >= 15 is 0 Å². The number of imide groups is 1. The van der Waals surface area contributed by atoms with Crippen LogP contribution in [-0.4, -0.2) is 27.7 Å². The van der Waals surface area contributed by atoms with E-state index in [1.54, 1.807) is 0 Å². The first-order valence-electron chi connectivity index (χ1n) is 5.78. The standard InChI is InChI=1S/C12H8N4O5/c13-7-14-16(20)9-3-1-8(2-4-9)12(19)21-15-10(17)5-6-11(15)18/h1-4H,5-6H2. The molecule has 2 amide bonds. The average molecular weight is 288 g/mol. The molecule has 1 aliphatic rings. The highest BCUT2D eigenvalue weighted by Crippen LogP contribution is 2.16. The Bertz CT molecular complexity index is 658. The van der Waals surface area contributed by atoms with Gasteiger partial charge < -0.3 is 10.0 Å². The van der Waals surface area contributed by atoms with E-state index in [2.05, 4.69) is 5.11 Å². The van der Waals surface area contributed by atoms with E-state index in [1.165, 1.54) is 30.5 Å². The SMILES string of the molecule is N#CN=[N+]([O-])c1ccc(C(=O)ON2C(=O)CCC2=O)cc1. The maximum atomic E-state index is 11.8. The Labute approximate surface area is 118 Å². The second-order valence-corrected chi connectivity index (χ2v) is 3.98. The van der Waals surface area contributed by atoms with Crippen LogP contribution in [0.1, 0.15) is 23.2 Å². The molecule has 0 saturated carbocycles. The van der Waals surface area contributed by atoms with Crippen molar-refractivity contribution in [3.63, 3.8) is 0 Å². The topological polar surface area (TPSA) is 126 Å². The average Bonchev–Trinajstić information content (AvgIpc) is 2.79. The molecule has 0 spiro atoms. The van der Waals surface area contributed by atoms with Gasteiger partial charge in [0.2, 0.25) is 5.69 Å². The lowest BCUT2D eigenvalue weighted by atomic mass is 10.2. The Balaban J connectivity index is 2.10. The summed E-state index contributed by atoms with van der Waals surface area (Å²) in [5.41, 5.74) is 0.0815. The molecule has 0 aliphatic carbocycles. The summed E-state index contributed by atoms with van der Waals surface area (Å²) in [6.45, 7) is 0. The monoisotopic (exact) mass is 288 g/mol. The van der Waals surface area contributed by atoms with Gasteiger partial charge in [-0.1, -0.05) is 0 Å². The zero-order valence-electron chi connectivity index (χ0n) is 10.6.